The van der Waals surface area contributed by atoms with Crippen molar-refractivity contribution < 1.29 is 24.2 Å². The minimum absolute atomic E-state index is 0.0222. The van der Waals surface area contributed by atoms with Gasteiger partial charge in [-0.3, -0.25) is 14.4 Å². The fraction of sp³-hybridized carbons (Fsp3) is 0.575. The number of hydrogen-bond acceptors (Lipinski definition) is 8. The Hall–Kier alpha value is -3.93. The fourth-order valence-electron chi connectivity index (χ4n) is 6.47. The Morgan fingerprint density at radius 1 is 0.961 bits per heavy atom. The number of ether oxygens (including phenoxy) is 1. The lowest BCUT2D eigenvalue weighted by Gasteiger charge is -2.32. The average molecular weight is 703 g/mol. The van der Waals surface area contributed by atoms with Crippen LogP contribution in [0, 0.1) is 11.3 Å². The van der Waals surface area contributed by atoms with Crippen molar-refractivity contribution >= 4 is 23.3 Å². The summed E-state index contributed by atoms with van der Waals surface area (Å²) in [5, 5.41) is 26.5. The van der Waals surface area contributed by atoms with Gasteiger partial charge >= 0.3 is 0 Å². The topological polar surface area (TPSA) is 139 Å². The summed E-state index contributed by atoms with van der Waals surface area (Å²) in [6.45, 7) is 17.5. The Morgan fingerprint density at radius 2 is 1.65 bits per heavy atom. The number of ketones is 1. The number of nitrogens with one attached hydrogen (secondary N) is 2. The van der Waals surface area contributed by atoms with Gasteiger partial charge in [0.05, 0.1) is 17.8 Å². The number of aromatic nitrogens is 3. The van der Waals surface area contributed by atoms with Crippen LogP contribution in [-0.4, -0.2) is 69.0 Å². The van der Waals surface area contributed by atoms with Gasteiger partial charge in [0.25, 0.3) is 0 Å². The molecule has 11 heteroatoms. The normalized spacial score (nSPS) is 15.1. The molecule has 1 aromatic heterocycles. The summed E-state index contributed by atoms with van der Waals surface area (Å²) in [4.78, 5) is 41.2. The van der Waals surface area contributed by atoms with E-state index in [0.717, 1.165) is 29.5 Å². The Kier molecular flexibility index (Phi) is 13.7. The molecule has 3 N–H and O–H groups in total. The molecule has 0 spiro atoms. The summed E-state index contributed by atoms with van der Waals surface area (Å²) in [5.74, 6) is -0.170. The van der Waals surface area contributed by atoms with Crippen molar-refractivity contribution in [2.45, 2.75) is 118 Å². The predicted octanol–water partition coefficient (Wildman–Crippen LogP) is 6.45. The molecule has 0 fully saturated rings. The SMILES string of the molecule is CCC(C)NCC(O)n1nnc2c1-c1ccccc1CN(C(=O)CCC(=O)NCCC(C)(CC)OCCC(C)(C)C(=O)C(C)C)c1ccccc1-2. The van der Waals surface area contributed by atoms with Crippen LogP contribution >= 0.6 is 0 Å². The number of anilines is 1. The molecule has 3 aromatic rings. The molecular formula is C40H58N6O5. The molecule has 0 radical (unpaired) electrons. The second-order valence-electron chi connectivity index (χ2n) is 15.0. The van der Waals surface area contributed by atoms with E-state index in [1.54, 1.807) is 9.58 Å². The third kappa shape index (κ3) is 9.90. The molecule has 0 saturated heterocycles. The van der Waals surface area contributed by atoms with E-state index in [-0.39, 0.29) is 48.9 Å². The maximum absolute atomic E-state index is 13.9. The van der Waals surface area contributed by atoms with Gasteiger partial charge in [-0.2, -0.15) is 0 Å². The number of carbonyl (C=O) groups is 3. The minimum Gasteiger partial charge on any atom is -0.375 e. The fourth-order valence-corrected chi connectivity index (χ4v) is 6.47. The summed E-state index contributed by atoms with van der Waals surface area (Å²) in [6.07, 6.45) is 2.08. The summed E-state index contributed by atoms with van der Waals surface area (Å²) in [6, 6.07) is 15.6. The summed E-state index contributed by atoms with van der Waals surface area (Å²) < 4.78 is 7.82. The molecule has 3 unspecified atom stereocenters. The van der Waals surface area contributed by atoms with E-state index in [1.165, 1.54) is 0 Å². The zero-order valence-electron chi connectivity index (χ0n) is 31.8. The number of hydrogen-bond donors (Lipinski definition) is 3. The number of benzene rings is 2. The van der Waals surface area contributed by atoms with E-state index < -0.39 is 17.2 Å². The smallest absolute Gasteiger partial charge is 0.227 e. The molecule has 2 heterocycles. The molecule has 1 aliphatic heterocycles. The van der Waals surface area contributed by atoms with Crippen molar-refractivity contribution in [1.29, 1.82) is 0 Å². The zero-order chi connectivity index (χ0) is 37.3. The third-order valence-electron chi connectivity index (χ3n) is 10.2. The first-order valence-corrected chi connectivity index (χ1v) is 18.5. The zero-order valence-corrected chi connectivity index (χ0v) is 31.8. The van der Waals surface area contributed by atoms with Crippen LogP contribution in [0.4, 0.5) is 5.69 Å². The number of Topliss-reactive ketones (excluding diaryl/α,β-unsaturated/α-hetero) is 1. The van der Waals surface area contributed by atoms with Crippen LogP contribution in [-0.2, 0) is 25.7 Å². The van der Waals surface area contributed by atoms with Gasteiger partial charge in [-0.25, -0.2) is 4.68 Å². The van der Waals surface area contributed by atoms with Crippen molar-refractivity contribution in [3.8, 4) is 22.5 Å². The minimum atomic E-state index is -0.944. The molecule has 0 bridgehead atoms. The van der Waals surface area contributed by atoms with E-state index in [9.17, 15) is 19.5 Å². The number of rotatable bonds is 18. The Morgan fingerprint density at radius 3 is 2.33 bits per heavy atom. The summed E-state index contributed by atoms with van der Waals surface area (Å²) in [5.41, 5.74) is 3.49. The number of aliphatic hydroxyl groups is 1. The average Bonchev–Trinajstić information content (AvgIpc) is 3.55. The van der Waals surface area contributed by atoms with Gasteiger partial charge in [0, 0.05) is 61.0 Å². The van der Waals surface area contributed by atoms with Gasteiger partial charge < -0.3 is 25.4 Å². The van der Waals surface area contributed by atoms with E-state index in [1.807, 2.05) is 83.1 Å². The number of amides is 2. The first-order chi connectivity index (χ1) is 24.2. The first-order valence-electron chi connectivity index (χ1n) is 18.5. The van der Waals surface area contributed by atoms with Crippen molar-refractivity contribution in [3.05, 3.63) is 54.1 Å². The number of para-hydroxylation sites is 1. The maximum atomic E-state index is 13.9. The number of aliphatic hydroxyl groups excluding tert-OH is 1. The quantitative estimate of drug-likeness (QED) is 0.138. The molecule has 0 aliphatic carbocycles. The van der Waals surface area contributed by atoms with Crippen LogP contribution in [0.25, 0.3) is 22.5 Å². The molecule has 0 saturated carbocycles. The van der Waals surface area contributed by atoms with Gasteiger partial charge in [-0.15, -0.1) is 5.10 Å². The predicted molar refractivity (Wildman–Crippen MR) is 201 cm³/mol. The lowest BCUT2D eigenvalue weighted by atomic mass is 9.80. The van der Waals surface area contributed by atoms with Gasteiger partial charge in [0.2, 0.25) is 11.8 Å². The van der Waals surface area contributed by atoms with E-state index in [2.05, 4.69) is 41.7 Å². The lowest BCUT2D eigenvalue weighted by Crippen LogP contribution is -2.37. The van der Waals surface area contributed by atoms with E-state index in [0.29, 0.717) is 49.6 Å². The maximum Gasteiger partial charge on any atom is 0.227 e. The van der Waals surface area contributed by atoms with Crippen molar-refractivity contribution in [2.75, 3.05) is 24.6 Å². The van der Waals surface area contributed by atoms with Crippen molar-refractivity contribution in [1.82, 2.24) is 25.6 Å². The molecule has 4 rings (SSSR count). The van der Waals surface area contributed by atoms with Crippen LogP contribution in [0.2, 0.25) is 0 Å². The lowest BCUT2D eigenvalue weighted by molar-refractivity contribution is -0.132. The number of fused-ring (bicyclic) bond motifs is 5. The molecular weight excluding hydrogens is 644 g/mol. The van der Waals surface area contributed by atoms with Gasteiger partial charge in [0.1, 0.15) is 17.2 Å². The molecule has 2 amide bonds. The van der Waals surface area contributed by atoms with E-state index in [4.69, 9.17) is 4.74 Å². The third-order valence-corrected chi connectivity index (χ3v) is 10.2. The Balaban J connectivity index is 1.43. The van der Waals surface area contributed by atoms with Crippen LogP contribution in [0.15, 0.2) is 48.5 Å². The van der Waals surface area contributed by atoms with Crippen LogP contribution in [0.1, 0.15) is 106 Å². The highest BCUT2D eigenvalue weighted by atomic mass is 16.5. The van der Waals surface area contributed by atoms with Crippen molar-refractivity contribution in [3.63, 3.8) is 0 Å². The van der Waals surface area contributed by atoms with Gasteiger partial charge in [-0.1, -0.05) is 89.2 Å². The molecule has 1 aliphatic rings. The molecule has 11 nitrogen and oxygen atoms in total. The van der Waals surface area contributed by atoms with Crippen LogP contribution in [0.3, 0.4) is 0 Å². The molecule has 278 valence electrons. The largest absolute Gasteiger partial charge is 0.375 e. The number of carbonyl (C=O) groups excluding carboxylic acids is 3. The second kappa shape index (κ2) is 17.5. The highest BCUT2D eigenvalue weighted by Gasteiger charge is 2.32. The van der Waals surface area contributed by atoms with Gasteiger partial charge in [-0.05, 0) is 51.2 Å². The summed E-state index contributed by atoms with van der Waals surface area (Å²) in [7, 11) is 0. The first kappa shape index (κ1) is 39.8. The number of nitrogens with zero attached hydrogens (tertiary/aromatic N) is 4. The Labute approximate surface area is 303 Å². The van der Waals surface area contributed by atoms with Gasteiger partial charge in [0.15, 0.2) is 6.23 Å². The molecule has 51 heavy (non-hydrogen) atoms. The van der Waals surface area contributed by atoms with Crippen LogP contribution in [0.5, 0.6) is 0 Å². The van der Waals surface area contributed by atoms with Crippen LogP contribution < -0.4 is 15.5 Å². The highest BCUT2D eigenvalue weighted by molar-refractivity contribution is 6.01. The molecule has 3 atom stereocenters. The standard InChI is InChI=1S/C40H58N6O5/c1-9-28(5)42-25-35(49)46-37-30-16-12-11-15-29(30)26-45(32-18-14-13-17-31(32)36(37)43-44-46)34(48)20-19-33(47)41-23-21-40(8,10-2)51-24-22-39(6,7)38(50)27(3)4/h11-18,27-28,35,42,49H,9-10,19-26H2,1-8H3,(H,41,47). The monoisotopic (exact) mass is 702 g/mol. The highest BCUT2D eigenvalue weighted by Crippen LogP contribution is 2.41. The Bertz CT molecular complexity index is 1650. The molecule has 2 aromatic carbocycles. The summed E-state index contributed by atoms with van der Waals surface area (Å²) >= 11 is 0. The van der Waals surface area contributed by atoms with Crippen molar-refractivity contribution in [2.24, 2.45) is 11.3 Å². The second-order valence-corrected chi connectivity index (χ2v) is 15.0. The van der Waals surface area contributed by atoms with E-state index >= 15 is 0 Å².